The van der Waals surface area contributed by atoms with Crippen molar-refractivity contribution in [3.8, 4) is 0 Å². The maximum atomic E-state index is 9.79. The van der Waals surface area contributed by atoms with Crippen molar-refractivity contribution in [3.63, 3.8) is 0 Å². The van der Waals surface area contributed by atoms with Crippen molar-refractivity contribution in [2.24, 2.45) is 0 Å². The Bertz CT molecular complexity index is 11.5. The first-order valence-corrected chi connectivity index (χ1v) is 1.13. The van der Waals surface area contributed by atoms with Crippen molar-refractivity contribution >= 4 is 0 Å². The van der Waals surface area contributed by atoms with Crippen LogP contribution in [0.5, 0.6) is 0 Å². The molecule has 0 aromatic rings. The van der Waals surface area contributed by atoms with E-state index in [1.54, 1.807) is 0 Å². The SMILES string of the molecule is COF.COF. The summed E-state index contributed by atoms with van der Waals surface area (Å²) in [6.07, 6.45) is 0. The third kappa shape index (κ3) is 604. The summed E-state index contributed by atoms with van der Waals surface area (Å²) in [5.74, 6) is 0. The van der Waals surface area contributed by atoms with Crippen LogP contribution in [-0.4, -0.2) is 14.2 Å². The molecule has 0 saturated carbocycles. The Hall–Kier alpha value is -0.220. The highest BCUT2D eigenvalue weighted by Crippen LogP contribution is 1.48. The first kappa shape index (κ1) is 9.24. The smallest absolute Gasteiger partial charge is 0.0766 e. The molecular weight excluding hydrogens is 94.0 g/mol. The molecule has 0 heterocycles. The lowest BCUT2D eigenvalue weighted by Crippen LogP contribution is -1.43. The average Bonchev–Trinajstić information content (AvgIpc) is 1.39. The standard InChI is InChI=1S/2CH3FO/c2*1-3-2/h2*1H3. The van der Waals surface area contributed by atoms with Gasteiger partial charge in [-0.2, -0.15) is 9.88 Å². The van der Waals surface area contributed by atoms with Crippen LogP contribution in [0.15, 0.2) is 0 Å². The Morgan fingerprint density at radius 1 is 1.00 bits per heavy atom. The van der Waals surface area contributed by atoms with Gasteiger partial charge in [-0.1, -0.05) is 0 Å². The van der Waals surface area contributed by atoms with Gasteiger partial charge >= 0.3 is 0 Å². The molecule has 0 rings (SSSR count). The lowest BCUT2D eigenvalue weighted by Gasteiger charge is -1.51. The summed E-state index contributed by atoms with van der Waals surface area (Å²) in [6, 6.07) is 0. The zero-order valence-corrected chi connectivity index (χ0v) is 3.57. The fraction of sp³-hybridized carbons (Fsp3) is 1.00. The molecule has 0 fully saturated rings. The van der Waals surface area contributed by atoms with E-state index in [4.69, 9.17) is 0 Å². The molecule has 0 N–H and O–H groups in total. The maximum Gasteiger partial charge on any atom is 0.0766 e. The fourth-order valence-electron chi connectivity index (χ4n) is 0. The van der Waals surface area contributed by atoms with Crippen LogP contribution < -0.4 is 0 Å². The Morgan fingerprint density at radius 3 is 1.00 bits per heavy atom. The molecule has 0 radical (unpaired) electrons. The van der Waals surface area contributed by atoms with Crippen LogP contribution in [0.25, 0.3) is 0 Å². The van der Waals surface area contributed by atoms with Crippen molar-refractivity contribution in [2.75, 3.05) is 14.2 Å². The van der Waals surface area contributed by atoms with Crippen LogP contribution in [0.1, 0.15) is 0 Å². The van der Waals surface area contributed by atoms with Crippen molar-refractivity contribution in [1.29, 1.82) is 0 Å². The zero-order chi connectivity index (χ0) is 5.41. The second kappa shape index (κ2) is 21.6. The highest BCUT2D eigenvalue weighted by atomic mass is 19.3. The first-order chi connectivity index (χ1) is 2.83. The largest absolute Gasteiger partial charge is 0.198 e. The first-order valence-electron chi connectivity index (χ1n) is 1.13. The molecule has 0 aliphatic carbocycles. The zero-order valence-electron chi connectivity index (χ0n) is 3.57. The van der Waals surface area contributed by atoms with Gasteiger partial charge in [-0.3, -0.25) is 0 Å². The van der Waals surface area contributed by atoms with E-state index in [9.17, 15) is 9.05 Å². The molecule has 0 amide bonds. The molecule has 2 nitrogen and oxygen atoms in total. The highest BCUT2D eigenvalue weighted by Gasteiger charge is 1.33. The molecule has 40 valence electrons. The van der Waals surface area contributed by atoms with Gasteiger partial charge in [0.1, 0.15) is 0 Å². The summed E-state index contributed by atoms with van der Waals surface area (Å²) in [5.41, 5.74) is 0. The topological polar surface area (TPSA) is 18.5 Å². The van der Waals surface area contributed by atoms with Crippen molar-refractivity contribution in [2.45, 2.75) is 0 Å². The highest BCUT2D eigenvalue weighted by molar-refractivity contribution is 3.32. The van der Waals surface area contributed by atoms with E-state index in [0.717, 1.165) is 14.2 Å². The van der Waals surface area contributed by atoms with Gasteiger partial charge in [-0.05, 0) is 9.05 Å². The molecule has 0 aliphatic rings. The van der Waals surface area contributed by atoms with Crippen LogP contribution in [0.3, 0.4) is 0 Å². The number of hydrogen-bond donors (Lipinski definition) is 0. The normalized spacial score (nSPS) is 6.00. The van der Waals surface area contributed by atoms with E-state index in [1.807, 2.05) is 0 Å². The van der Waals surface area contributed by atoms with Gasteiger partial charge in [-0.15, -0.1) is 0 Å². The fourth-order valence-corrected chi connectivity index (χ4v) is 0. The molecule has 0 aliphatic heterocycles. The van der Waals surface area contributed by atoms with E-state index < -0.39 is 0 Å². The van der Waals surface area contributed by atoms with E-state index in [-0.39, 0.29) is 0 Å². The second-order valence-corrected chi connectivity index (χ2v) is 0.309. The van der Waals surface area contributed by atoms with Crippen LogP contribution >= 0.6 is 0 Å². The minimum absolute atomic E-state index is 0.958. The van der Waals surface area contributed by atoms with Crippen molar-refractivity contribution in [3.05, 3.63) is 0 Å². The van der Waals surface area contributed by atoms with E-state index in [2.05, 4.69) is 9.88 Å². The Morgan fingerprint density at radius 2 is 1.00 bits per heavy atom. The van der Waals surface area contributed by atoms with E-state index in [0.29, 0.717) is 0 Å². The Kier molecular flexibility index (Phi) is 33.2. The summed E-state index contributed by atoms with van der Waals surface area (Å²) in [5, 5.41) is 0. The van der Waals surface area contributed by atoms with Gasteiger partial charge < -0.3 is 0 Å². The molecular formula is C2H6F2O2. The second-order valence-electron chi connectivity index (χ2n) is 0.309. The van der Waals surface area contributed by atoms with Gasteiger partial charge in [0.15, 0.2) is 0 Å². The molecule has 0 spiro atoms. The number of rotatable bonds is 0. The predicted octanol–water partition coefficient (Wildman–Crippen LogP) is 1.03. The minimum Gasteiger partial charge on any atom is -0.198 e. The summed E-state index contributed by atoms with van der Waals surface area (Å²) < 4.78 is 19.6. The van der Waals surface area contributed by atoms with Crippen molar-refractivity contribution < 1.29 is 18.9 Å². The van der Waals surface area contributed by atoms with Gasteiger partial charge in [0.05, 0.1) is 14.2 Å². The van der Waals surface area contributed by atoms with E-state index >= 15 is 0 Å². The minimum atomic E-state index is 0.958. The molecule has 0 saturated heterocycles. The number of halogens is 2. The predicted molar refractivity (Wildman–Crippen MR) is 16.2 cm³/mol. The third-order valence-corrected chi connectivity index (χ3v) is 0. The molecule has 0 aromatic heterocycles. The Balaban J connectivity index is 0. The van der Waals surface area contributed by atoms with Gasteiger partial charge in [0.25, 0.3) is 0 Å². The summed E-state index contributed by atoms with van der Waals surface area (Å²) in [6.45, 7) is 0. The van der Waals surface area contributed by atoms with Crippen LogP contribution in [0.2, 0.25) is 0 Å². The lowest BCUT2D eigenvalue weighted by molar-refractivity contribution is -0.0960. The summed E-state index contributed by atoms with van der Waals surface area (Å²) in [4.78, 5) is 5.50. The molecule has 0 atom stereocenters. The summed E-state index contributed by atoms with van der Waals surface area (Å²) >= 11 is 0. The van der Waals surface area contributed by atoms with Gasteiger partial charge in [-0.25, -0.2) is 0 Å². The van der Waals surface area contributed by atoms with Crippen LogP contribution in [-0.2, 0) is 9.88 Å². The maximum absolute atomic E-state index is 9.79. The molecule has 4 heteroatoms. The third-order valence-electron chi connectivity index (χ3n) is 0. The van der Waals surface area contributed by atoms with E-state index in [1.165, 1.54) is 0 Å². The number of hydrogen-bond acceptors (Lipinski definition) is 2. The Labute approximate surface area is 34.5 Å². The van der Waals surface area contributed by atoms with Crippen LogP contribution in [0, 0.1) is 0 Å². The quantitative estimate of drug-likeness (QED) is 0.452. The molecule has 0 aromatic carbocycles. The lowest BCUT2D eigenvalue weighted by atomic mass is 11.8. The monoisotopic (exact) mass is 100 g/mol. The molecule has 0 bridgehead atoms. The molecule has 0 unspecified atom stereocenters. The van der Waals surface area contributed by atoms with Crippen LogP contribution in [0.4, 0.5) is 9.05 Å². The molecule has 6 heavy (non-hydrogen) atoms. The van der Waals surface area contributed by atoms with Gasteiger partial charge in [0.2, 0.25) is 0 Å². The average molecular weight is 100 g/mol. The van der Waals surface area contributed by atoms with Gasteiger partial charge in [0, 0.05) is 0 Å². The summed E-state index contributed by atoms with van der Waals surface area (Å²) in [7, 11) is 1.92. The van der Waals surface area contributed by atoms with Crippen molar-refractivity contribution in [1.82, 2.24) is 0 Å².